The van der Waals surface area contributed by atoms with Gasteiger partial charge in [-0.15, -0.1) is 0 Å². The maximum Gasteiger partial charge on any atom is 0.418 e. The molecule has 3 heterocycles. The number of benzene rings is 1. The normalized spacial score (nSPS) is 16.9. The van der Waals surface area contributed by atoms with Gasteiger partial charge in [-0.25, -0.2) is 5.10 Å². The quantitative estimate of drug-likeness (QED) is 0.325. The highest BCUT2D eigenvalue weighted by molar-refractivity contribution is 6.31. The molecule has 0 unspecified atom stereocenters. The lowest BCUT2D eigenvalue weighted by Crippen LogP contribution is -2.59. The molecule has 1 saturated heterocycles. The zero-order chi connectivity index (χ0) is 28.2. The van der Waals surface area contributed by atoms with E-state index in [0.717, 1.165) is 18.3 Å². The molecular weight excluding hydrogens is 545 g/mol. The molecule has 1 aliphatic rings. The molecule has 39 heavy (non-hydrogen) atoms. The van der Waals surface area contributed by atoms with Crippen molar-refractivity contribution >= 4 is 34.8 Å². The van der Waals surface area contributed by atoms with Gasteiger partial charge in [-0.3, -0.25) is 19.4 Å². The van der Waals surface area contributed by atoms with Gasteiger partial charge >= 0.3 is 6.18 Å². The molecule has 206 valence electrons. The molecule has 1 atom stereocenters. The highest BCUT2D eigenvalue weighted by Gasteiger charge is 2.44. The minimum Gasteiger partial charge on any atom is -0.497 e. The molecule has 1 aromatic carbocycles. The molecule has 4 N–H and O–H groups in total. The minimum absolute atomic E-state index is 0.0313. The summed E-state index contributed by atoms with van der Waals surface area (Å²) in [6, 6.07) is 5.89. The van der Waals surface area contributed by atoms with E-state index >= 15 is 0 Å². The van der Waals surface area contributed by atoms with Gasteiger partial charge in [-0.05, 0) is 24.3 Å². The lowest BCUT2D eigenvalue weighted by molar-refractivity contribution is -0.137. The van der Waals surface area contributed by atoms with Gasteiger partial charge in [0.15, 0.2) is 0 Å². The van der Waals surface area contributed by atoms with Gasteiger partial charge in [0.05, 0.1) is 65.9 Å². The van der Waals surface area contributed by atoms with Crippen molar-refractivity contribution < 1.29 is 32.2 Å². The first-order chi connectivity index (χ1) is 18.5. The predicted molar refractivity (Wildman–Crippen MR) is 133 cm³/mol. The maximum atomic E-state index is 13.5. The van der Waals surface area contributed by atoms with Gasteiger partial charge in [-0.2, -0.15) is 18.3 Å². The summed E-state index contributed by atoms with van der Waals surface area (Å²) in [4.78, 5) is 41.4. The van der Waals surface area contributed by atoms with E-state index < -0.39 is 34.7 Å². The highest BCUT2D eigenvalue weighted by atomic mass is 35.5. The van der Waals surface area contributed by atoms with Crippen LogP contribution in [0.15, 0.2) is 47.5 Å². The Labute approximate surface area is 224 Å². The number of halogens is 4. The van der Waals surface area contributed by atoms with E-state index in [4.69, 9.17) is 21.1 Å². The zero-order valence-corrected chi connectivity index (χ0v) is 21.1. The van der Waals surface area contributed by atoms with Gasteiger partial charge in [0.2, 0.25) is 5.91 Å². The van der Waals surface area contributed by atoms with Crippen LogP contribution in [0.3, 0.4) is 0 Å². The number of methoxy groups -OCH3 is 1. The lowest BCUT2D eigenvalue weighted by atomic mass is 9.96. The van der Waals surface area contributed by atoms with Gasteiger partial charge in [0.25, 0.3) is 11.5 Å². The number of hydrogen-bond donors (Lipinski definition) is 4. The van der Waals surface area contributed by atoms with Crippen LogP contribution in [0.25, 0.3) is 0 Å². The first-order valence-corrected chi connectivity index (χ1v) is 11.8. The molecule has 0 bridgehead atoms. The van der Waals surface area contributed by atoms with E-state index in [1.54, 1.807) is 0 Å². The number of alkyl halides is 3. The standard InChI is InChI=1S/C24H22ClF3N6O5/c1-38-15-2-3-18(16(8-15)24(26,27)28)32-14-7-17(25)19(29-10-14)11-30-22(37)23(4-5-39-12-23)33-21(36)13-6-20(35)34-31-9-13/h2-3,6-10,32H,4-5,11-12H2,1H3,(H,30,37)(H,33,36)(H,34,35)/t23-/m0/s1. The molecule has 4 rings (SSSR count). The van der Waals surface area contributed by atoms with Crippen LogP contribution in [-0.2, 0) is 22.3 Å². The third-order valence-electron chi connectivity index (χ3n) is 5.88. The molecule has 1 fully saturated rings. The van der Waals surface area contributed by atoms with Crippen LogP contribution in [-0.4, -0.2) is 52.9 Å². The van der Waals surface area contributed by atoms with Gasteiger partial charge in [0.1, 0.15) is 11.3 Å². The summed E-state index contributed by atoms with van der Waals surface area (Å²) in [5.74, 6) is -1.21. The second-order valence-corrected chi connectivity index (χ2v) is 8.95. The van der Waals surface area contributed by atoms with E-state index in [9.17, 15) is 27.6 Å². The van der Waals surface area contributed by atoms with E-state index in [1.165, 1.54) is 31.5 Å². The molecule has 0 radical (unpaired) electrons. The summed E-state index contributed by atoms with van der Waals surface area (Å²) in [6.07, 6.45) is -2.04. The van der Waals surface area contributed by atoms with Crippen LogP contribution >= 0.6 is 11.6 Å². The van der Waals surface area contributed by atoms with Crippen LogP contribution in [0.1, 0.15) is 28.0 Å². The fraction of sp³-hybridized carbons (Fsp3) is 0.292. The van der Waals surface area contributed by atoms with Crippen molar-refractivity contribution in [3.8, 4) is 5.75 Å². The zero-order valence-electron chi connectivity index (χ0n) is 20.3. The molecule has 15 heteroatoms. The van der Waals surface area contributed by atoms with Crippen molar-refractivity contribution in [3.05, 3.63) is 74.9 Å². The number of aromatic nitrogens is 3. The van der Waals surface area contributed by atoms with Crippen LogP contribution in [0.2, 0.25) is 5.02 Å². The van der Waals surface area contributed by atoms with Gasteiger partial charge in [-0.1, -0.05) is 11.6 Å². The average molecular weight is 567 g/mol. The number of ether oxygens (including phenoxy) is 2. The predicted octanol–water partition coefficient (Wildman–Crippen LogP) is 2.79. The van der Waals surface area contributed by atoms with Crippen molar-refractivity contribution in [2.45, 2.75) is 24.7 Å². The van der Waals surface area contributed by atoms with Crippen molar-refractivity contribution in [3.63, 3.8) is 0 Å². The van der Waals surface area contributed by atoms with Gasteiger partial charge in [0, 0.05) is 19.1 Å². The number of carbonyl (C=O) groups excluding carboxylic acids is 2. The summed E-state index contributed by atoms with van der Waals surface area (Å²) in [7, 11) is 1.27. The van der Waals surface area contributed by atoms with Crippen LogP contribution in [0.4, 0.5) is 24.5 Å². The number of aromatic amines is 1. The van der Waals surface area contributed by atoms with Crippen molar-refractivity contribution in [1.82, 2.24) is 25.8 Å². The number of rotatable bonds is 8. The maximum absolute atomic E-state index is 13.5. The Balaban J connectivity index is 1.45. The molecule has 0 saturated carbocycles. The second-order valence-electron chi connectivity index (χ2n) is 8.54. The fourth-order valence-electron chi connectivity index (χ4n) is 3.84. The Kier molecular flexibility index (Phi) is 8.06. The monoisotopic (exact) mass is 566 g/mol. The summed E-state index contributed by atoms with van der Waals surface area (Å²) in [5.41, 5.74) is -2.75. The van der Waals surface area contributed by atoms with Crippen molar-refractivity contribution in [1.29, 1.82) is 0 Å². The number of nitrogens with one attached hydrogen (secondary N) is 4. The molecule has 2 amide bonds. The third kappa shape index (κ3) is 6.46. The number of amides is 2. The first kappa shape index (κ1) is 27.9. The van der Waals surface area contributed by atoms with E-state index in [-0.39, 0.29) is 59.6 Å². The van der Waals surface area contributed by atoms with E-state index in [0.29, 0.717) is 0 Å². The van der Waals surface area contributed by atoms with Gasteiger partial charge < -0.3 is 25.4 Å². The Morgan fingerprint density at radius 3 is 2.67 bits per heavy atom. The third-order valence-corrected chi connectivity index (χ3v) is 6.21. The molecule has 1 aliphatic heterocycles. The molecule has 2 aromatic heterocycles. The smallest absolute Gasteiger partial charge is 0.418 e. The highest BCUT2D eigenvalue weighted by Crippen LogP contribution is 2.38. The molecule has 0 spiro atoms. The Morgan fingerprint density at radius 1 is 1.23 bits per heavy atom. The summed E-state index contributed by atoms with van der Waals surface area (Å²) < 4.78 is 50.8. The average Bonchev–Trinajstić information content (AvgIpc) is 3.37. The number of H-pyrrole nitrogens is 1. The second kappa shape index (κ2) is 11.3. The van der Waals surface area contributed by atoms with Crippen LogP contribution in [0, 0.1) is 0 Å². The Hall–Kier alpha value is -4.17. The topological polar surface area (TPSA) is 147 Å². The molecule has 3 aromatic rings. The SMILES string of the molecule is COc1ccc(Nc2cnc(CNC(=O)[C@]3(NC(=O)c4cn[nH]c(=O)c4)CCOC3)c(Cl)c2)c(C(F)(F)F)c1. The summed E-state index contributed by atoms with van der Waals surface area (Å²) >= 11 is 6.30. The summed E-state index contributed by atoms with van der Waals surface area (Å²) in [5, 5.41) is 13.7. The first-order valence-electron chi connectivity index (χ1n) is 11.4. The number of nitrogens with zero attached hydrogens (tertiary/aromatic N) is 2. The fourth-order valence-corrected chi connectivity index (χ4v) is 4.07. The largest absolute Gasteiger partial charge is 0.497 e. The Bertz CT molecular complexity index is 1440. The number of carbonyl (C=O) groups is 2. The Morgan fingerprint density at radius 2 is 2.03 bits per heavy atom. The molecular formula is C24H22ClF3N6O5. The number of anilines is 2. The van der Waals surface area contributed by atoms with E-state index in [1.807, 2.05) is 0 Å². The van der Waals surface area contributed by atoms with Crippen molar-refractivity contribution in [2.75, 3.05) is 25.6 Å². The summed E-state index contributed by atoms with van der Waals surface area (Å²) in [6.45, 7) is -0.0287. The number of hydrogen-bond acceptors (Lipinski definition) is 8. The van der Waals surface area contributed by atoms with Crippen LogP contribution in [0.5, 0.6) is 5.75 Å². The van der Waals surface area contributed by atoms with Crippen LogP contribution < -0.4 is 26.2 Å². The van der Waals surface area contributed by atoms with Crippen molar-refractivity contribution in [2.24, 2.45) is 0 Å². The minimum atomic E-state index is -4.64. The molecule has 11 nitrogen and oxygen atoms in total. The van der Waals surface area contributed by atoms with E-state index in [2.05, 4.69) is 31.1 Å². The molecule has 0 aliphatic carbocycles. The lowest BCUT2D eigenvalue weighted by Gasteiger charge is -2.27. The number of pyridine rings is 1.